The Labute approximate surface area is 104 Å². The van der Waals surface area contributed by atoms with E-state index in [0.29, 0.717) is 23.0 Å². The fourth-order valence-corrected chi connectivity index (χ4v) is 1.88. The van der Waals surface area contributed by atoms with Crippen LogP contribution in [0.15, 0.2) is 18.2 Å². The molecule has 0 aliphatic rings. The van der Waals surface area contributed by atoms with Crippen LogP contribution in [0.2, 0.25) is 0 Å². The van der Waals surface area contributed by atoms with Crippen LogP contribution >= 0.6 is 0 Å². The van der Waals surface area contributed by atoms with E-state index in [-0.39, 0.29) is 0 Å². The van der Waals surface area contributed by atoms with Crippen LogP contribution < -0.4 is 5.73 Å². The number of rotatable bonds is 3. The monoisotopic (exact) mass is 251 g/mol. The summed E-state index contributed by atoms with van der Waals surface area (Å²) >= 11 is 0. The van der Waals surface area contributed by atoms with Crippen molar-refractivity contribution in [3.63, 3.8) is 0 Å². The molecule has 96 valence electrons. The molecule has 1 aromatic heterocycles. The average Bonchev–Trinajstić information content (AvgIpc) is 2.64. The zero-order chi connectivity index (χ0) is 13.3. The van der Waals surface area contributed by atoms with Gasteiger partial charge < -0.3 is 5.73 Å². The van der Waals surface area contributed by atoms with E-state index in [4.69, 9.17) is 5.73 Å². The number of benzene rings is 1. The normalized spacial score (nSPS) is 11.2. The van der Waals surface area contributed by atoms with E-state index in [9.17, 15) is 8.78 Å². The van der Waals surface area contributed by atoms with Crippen molar-refractivity contribution in [2.45, 2.75) is 20.3 Å². The number of aromatic nitrogens is 2. The maximum absolute atomic E-state index is 13.2. The highest BCUT2D eigenvalue weighted by Crippen LogP contribution is 2.28. The number of hydrogen-bond donors (Lipinski definition) is 2. The number of nitrogens with zero attached hydrogens (tertiary/aromatic N) is 1. The molecule has 3 N–H and O–H groups in total. The van der Waals surface area contributed by atoms with Crippen LogP contribution in [0.4, 0.5) is 14.6 Å². The van der Waals surface area contributed by atoms with Crippen molar-refractivity contribution in [3.8, 4) is 11.3 Å². The number of anilines is 1. The van der Waals surface area contributed by atoms with Crippen LogP contribution in [0, 0.1) is 17.6 Å². The molecule has 0 bridgehead atoms. The van der Waals surface area contributed by atoms with Crippen LogP contribution in [0.25, 0.3) is 11.3 Å². The first-order valence-electron chi connectivity index (χ1n) is 5.77. The first kappa shape index (κ1) is 12.5. The van der Waals surface area contributed by atoms with Gasteiger partial charge in [-0.2, -0.15) is 5.10 Å². The zero-order valence-electron chi connectivity index (χ0n) is 10.3. The van der Waals surface area contributed by atoms with Gasteiger partial charge in [-0.1, -0.05) is 13.8 Å². The second kappa shape index (κ2) is 4.76. The van der Waals surface area contributed by atoms with Gasteiger partial charge in [-0.3, -0.25) is 5.10 Å². The topological polar surface area (TPSA) is 54.7 Å². The Hall–Kier alpha value is -1.91. The highest BCUT2D eigenvalue weighted by Gasteiger charge is 2.15. The molecule has 0 amide bonds. The fraction of sp³-hybridized carbons (Fsp3) is 0.308. The molecule has 0 unspecified atom stereocenters. The lowest BCUT2D eigenvalue weighted by Crippen LogP contribution is -1.99. The number of H-pyrrole nitrogens is 1. The number of nitrogen functional groups attached to an aromatic ring is 1. The average molecular weight is 251 g/mol. The number of nitrogens with two attached hydrogens (primary N) is 1. The molecule has 18 heavy (non-hydrogen) atoms. The van der Waals surface area contributed by atoms with Crippen LogP contribution in [0.3, 0.4) is 0 Å². The van der Waals surface area contributed by atoms with Crippen molar-refractivity contribution in [2.75, 3.05) is 5.73 Å². The van der Waals surface area contributed by atoms with Crippen molar-refractivity contribution in [2.24, 2.45) is 5.92 Å². The highest BCUT2D eigenvalue weighted by atomic mass is 19.2. The molecule has 0 radical (unpaired) electrons. The summed E-state index contributed by atoms with van der Waals surface area (Å²) in [6.07, 6.45) is 0.733. The van der Waals surface area contributed by atoms with Gasteiger partial charge in [0, 0.05) is 11.1 Å². The molecule has 0 fully saturated rings. The second-order valence-electron chi connectivity index (χ2n) is 4.69. The highest BCUT2D eigenvalue weighted by molar-refractivity contribution is 5.68. The second-order valence-corrected chi connectivity index (χ2v) is 4.69. The minimum Gasteiger partial charge on any atom is -0.382 e. The summed E-state index contributed by atoms with van der Waals surface area (Å²) in [5.41, 5.74) is 7.83. The summed E-state index contributed by atoms with van der Waals surface area (Å²) in [5, 5.41) is 6.71. The molecule has 1 heterocycles. The number of nitrogens with one attached hydrogen (secondary N) is 1. The fourth-order valence-electron chi connectivity index (χ4n) is 1.88. The van der Waals surface area contributed by atoms with Crippen molar-refractivity contribution in [1.29, 1.82) is 0 Å². The van der Waals surface area contributed by atoms with E-state index in [0.717, 1.165) is 24.1 Å². The molecule has 0 aliphatic heterocycles. The van der Waals surface area contributed by atoms with Gasteiger partial charge in [0.1, 0.15) is 5.82 Å². The first-order valence-corrected chi connectivity index (χ1v) is 5.77. The molecule has 2 rings (SSSR count). The lowest BCUT2D eigenvalue weighted by Gasteiger charge is -2.07. The minimum absolute atomic E-state index is 0.397. The maximum Gasteiger partial charge on any atom is 0.159 e. The number of hydrogen-bond acceptors (Lipinski definition) is 2. The lowest BCUT2D eigenvalue weighted by atomic mass is 9.99. The zero-order valence-corrected chi connectivity index (χ0v) is 10.3. The Morgan fingerprint density at radius 2 is 2.00 bits per heavy atom. The standard InChI is InChI=1S/C13H15F2N3/c1-7(2)5-9-12(17-18-13(9)16)8-3-4-10(14)11(15)6-8/h3-4,6-7H,5H2,1-2H3,(H3,16,17,18). The molecule has 0 saturated carbocycles. The van der Waals surface area contributed by atoms with Crippen molar-refractivity contribution in [3.05, 3.63) is 35.4 Å². The molecule has 3 nitrogen and oxygen atoms in total. The smallest absolute Gasteiger partial charge is 0.159 e. The molecular formula is C13H15F2N3. The van der Waals surface area contributed by atoms with E-state index in [2.05, 4.69) is 24.0 Å². The Kier molecular flexibility index (Phi) is 3.32. The van der Waals surface area contributed by atoms with Gasteiger partial charge in [-0.25, -0.2) is 8.78 Å². The first-order chi connectivity index (χ1) is 8.49. The quantitative estimate of drug-likeness (QED) is 0.880. The van der Waals surface area contributed by atoms with Gasteiger partial charge in [0.25, 0.3) is 0 Å². The molecule has 2 aromatic rings. The van der Waals surface area contributed by atoms with Gasteiger partial charge in [-0.15, -0.1) is 0 Å². The summed E-state index contributed by atoms with van der Waals surface area (Å²) in [7, 11) is 0. The van der Waals surface area contributed by atoms with E-state index in [1.165, 1.54) is 6.07 Å². The van der Waals surface area contributed by atoms with Gasteiger partial charge in [0.15, 0.2) is 11.6 Å². The molecule has 0 aliphatic carbocycles. The maximum atomic E-state index is 13.2. The van der Waals surface area contributed by atoms with Crippen molar-refractivity contribution in [1.82, 2.24) is 10.2 Å². The minimum atomic E-state index is -0.879. The van der Waals surface area contributed by atoms with E-state index in [1.807, 2.05) is 0 Å². The van der Waals surface area contributed by atoms with Crippen LogP contribution in [0.1, 0.15) is 19.4 Å². The van der Waals surface area contributed by atoms with Crippen LogP contribution in [-0.2, 0) is 6.42 Å². The number of halogens is 2. The van der Waals surface area contributed by atoms with E-state index in [1.54, 1.807) is 0 Å². The van der Waals surface area contributed by atoms with E-state index < -0.39 is 11.6 Å². The predicted molar refractivity (Wildman–Crippen MR) is 66.9 cm³/mol. The number of aromatic amines is 1. The Balaban J connectivity index is 2.47. The summed E-state index contributed by atoms with van der Waals surface area (Å²) in [6, 6.07) is 3.75. The van der Waals surface area contributed by atoms with Crippen LogP contribution in [-0.4, -0.2) is 10.2 Å². The van der Waals surface area contributed by atoms with Gasteiger partial charge >= 0.3 is 0 Å². The summed E-state index contributed by atoms with van der Waals surface area (Å²) < 4.78 is 26.1. The van der Waals surface area contributed by atoms with Crippen molar-refractivity contribution >= 4 is 5.82 Å². The third kappa shape index (κ3) is 2.34. The Morgan fingerprint density at radius 1 is 1.28 bits per heavy atom. The van der Waals surface area contributed by atoms with Crippen LogP contribution in [0.5, 0.6) is 0 Å². The van der Waals surface area contributed by atoms with Crippen molar-refractivity contribution < 1.29 is 8.78 Å². The third-order valence-corrected chi connectivity index (χ3v) is 2.72. The third-order valence-electron chi connectivity index (χ3n) is 2.72. The van der Waals surface area contributed by atoms with Gasteiger partial charge in [0.05, 0.1) is 5.69 Å². The Morgan fingerprint density at radius 3 is 2.61 bits per heavy atom. The summed E-state index contributed by atoms with van der Waals surface area (Å²) in [5.74, 6) is -0.940. The van der Waals surface area contributed by atoms with Gasteiger partial charge in [-0.05, 0) is 30.5 Å². The predicted octanol–water partition coefficient (Wildman–Crippen LogP) is 3.14. The summed E-state index contributed by atoms with van der Waals surface area (Å²) in [6.45, 7) is 4.11. The summed E-state index contributed by atoms with van der Waals surface area (Å²) in [4.78, 5) is 0. The van der Waals surface area contributed by atoms with Gasteiger partial charge in [0.2, 0.25) is 0 Å². The largest absolute Gasteiger partial charge is 0.382 e. The van der Waals surface area contributed by atoms with E-state index >= 15 is 0 Å². The Bertz CT molecular complexity index is 561. The molecule has 0 atom stereocenters. The molecule has 5 heteroatoms. The lowest BCUT2D eigenvalue weighted by molar-refractivity contribution is 0.509. The SMILES string of the molecule is CC(C)Cc1c(N)n[nH]c1-c1ccc(F)c(F)c1. The molecule has 1 aromatic carbocycles. The molecular weight excluding hydrogens is 236 g/mol. The molecule has 0 spiro atoms. The molecule has 0 saturated heterocycles.